The molecule has 2 rings (SSSR count). The largest absolute Gasteiger partial charge is 0.429 e. The third kappa shape index (κ3) is 2.38. The molecule has 15 heavy (non-hydrogen) atoms. The lowest BCUT2D eigenvalue weighted by Crippen LogP contribution is -2.16. The van der Waals surface area contributed by atoms with E-state index in [9.17, 15) is 0 Å². The van der Waals surface area contributed by atoms with Crippen LogP contribution in [0.25, 0.3) is 11.3 Å². The van der Waals surface area contributed by atoms with Crippen molar-refractivity contribution in [2.75, 3.05) is 14.1 Å². The van der Waals surface area contributed by atoms with Gasteiger partial charge in [-0.2, -0.15) is 4.58 Å². The van der Waals surface area contributed by atoms with E-state index in [0.29, 0.717) is 0 Å². The van der Waals surface area contributed by atoms with Gasteiger partial charge in [-0.25, -0.2) is 0 Å². The van der Waals surface area contributed by atoms with E-state index in [0.717, 1.165) is 20.7 Å². The molecule has 0 bridgehead atoms. The molecule has 78 valence electrons. The Labute approximate surface area is 101 Å². The first-order chi connectivity index (χ1) is 7.16. The van der Waals surface area contributed by atoms with Crippen molar-refractivity contribution in [2.45, 2.75) is 0 Å². The molecule has 0 aliphatic carbocycles. The van der Waals surface area contributed by atoms with E-state index in [1.807, 2.05) is 48.3 Å². The predicted molar refractivity (Wildman–Crippen MR) is 66.8 cm³/mol. The van der Waals surface area contributed by atoms with Crippen LogP contribution in [-0.4, -0.2) is 14.1 Å². The fraction of sp³-hybridized carbons (Fsp3) is 0.182. The summed E-state index contributed by atoms with van der Waals surface area (Å²) in [5.74, 6) is 0.913. The summed E-state index contributed by atoms with van der Waals surface area (Å²) in [5.41, 5.74) is 1.10. The fourth-order valence-corrected chi connectivity index (χ4v) is 2.19. The Bertz CT molecular complexity index is 520. The molecule has 0 fully saturated rings. The van der Waals surface area contributed by atoms with Gasteiger partial charge >= 0.3 is 4.87 Å². The summed E-state index contributed by atoms with van der Waals surface area (Å²) in [7, 11) is 3.95. The second-order valence-corrected chi connectivity index (χ2v) is 5.11. The maximum Gasteiger partial charge on any atom is 0.429 e. The van der Waals surface area contributed by atoms with Crippen molar-refractivity contribution in [1.29, 1.82) is 0 Å². The topological polar surface area (TPSA) is 16.1 Å². The predicted octanol–water partition coefficient (Wildman–Crippen LogP) is 2.80. The summed E-state index contributed by atoms with van der Waals surface area (Å²) in [5, 5.41) is 2.03. The molecule has 1 aromatic heterocycles. The van der Waals surface area contributed by atoms with Crippen molar-refractivity contribution >= 4 is 27.3 Å². The lowest BCUT2D eigenvalue weighted by molar-refractivity contribution is 0.495. The number of hydrogen-bond acceptors (Lipinski definition) is 2. The molecule has 2 aromatic rings. The third-order valence-corrected chi connectivity index (χ3v) is 3.47. The summed E-state index contributed by atoms with van der Waals surface area (Å²) in [6, 6.07) is 8.10. The first-order valence-electron chi connectivity index (χ1n) is 4.52. The Hall–Kier alpha value is -0.870. The van der Waals surface area contributed by atoms with E-state index in [1.165, 1.54) is 0 Å². The molecule has 0 N–H and O–H groups in total. The van der Waals surface area contributed by atoms with Crippen LogP contribution < -0.4 is 9.44 Å². The highest BCUT2D eigenvalue weighted by Gasteiger charge is 2.05. The quantitative estimate of drug-likeness (QED) is 0.736. The Kier molecular flexibility index (Phi) is 3.07. The molecule has 2 nitrogen and oxygen atoms in total. The van der Waals surface area contributed by atoms with Gasteiger partial charge in [0.1, 0.15) is 14.1 Å². The molecule has 0 aliphatic rings. The number of rotatable bonds is 1. The summed E-state index contributed by atoms with van der Waals surface area (Å²) in [6.07, 6.45) is 0. The van der Waals surface area contributed by atoms with Crippen LogP contribution in [0.4, 0.5) is 0 Å². The zero-order valence-corrected chi connectivity index (χ0v) is 10.9. The number of hydrogen-bond donors (Lipinski definition) is 0. The smallest absolute Gasteiger partial charge is 0.396 e. The van der Waals surface area contributed by atoms with E-state index in [-0.39, 0.29) is 0 Å². The standard InChI is InChI=1S/C11H11BrNOS/c1-13(2)11-14-10(7-15-11)8-3-5-9(12)6-4-8/h3-7H,1-2H3/q+1. The second-order valence-electron chi connectivity index (χ2n) is 3.37. The Balaban J connectivity index is 2.46. The number of halogens is 1. The van der Waals surface area contributed by atoms with Crippen LogP contribution in [0.2, 0.25) is 0 Å². The monoisotopic (exact) mass is 284 g/mol. The Morgan fingerprint density at radius 1 is 1.20 bits per heavy atom. The van der Waals surface area contributed by atoms with Gasteiger partial charge in [0.25, 0.3) is 0 Å². The van der Waals surface area contributed by atoms with Gasteiger partial charge in [0.2, 0.25) is 0 Å². The molecule has 1 heterocycles. The molecular formula is C11H11BrNOS+. The summed E-state index contributed by atoms with van der Waals surface area (Å²) in [4.78, 5) is 0.910. The van der Waals surface area contributed by atoms with Crippen molar-refractivity contribution in [1.82, 2.24) is 4.58 Å². The van der Waals surface area contributed by atoms with Gasteiger partial charge < -0.3 is 4.42 Å². The Morgan fingerprint density at radius 3 is 2.40 bits per heavy atom. The lowest BCUT2D eigenvalue weighted by Gasteiger charge is -1.94. The summed E-state index contributed by atoms with van der Waals surface area (Å²) in [6.45, 7) is 0. The molecule has 0 saturated carbocycles. The minimum absolute atomic E-state index is 0.910. The maximum atomic E-state index is 5.70. The highest BCUT2D eigenvalue weighted by atomic mass is 79.9. The van der Waals surface area contributed by atoms with E-state index >= 15 is 0 Å². The Morgan fingerprint density at radius 2 is 1.87 bits per heavy atom. The van der Waals surface area contributed by atoms with Crippen LogP contribution in [0.3, 0.4) is 0 Å². The SMILES string of the molecule is C[N+](C)=c1oc(-c2ccc(Br)cc2)cs1. The number of nitrogens with zero attached hydrogens (tertiary/aromatic N) is 1. The van der Waals surface area contributed by atoms with Crippen LogP contribution in [0.1, 0.15) is 0 Å². The first kappa shape index (κ1) is 10.6. The summed E-state index contributed by atoms with van der Waals surface area (Å²) < 4.78 is 8.74. The molecule has 0 atom stereocenters. The average molecular weight is 285 g/mol. The van der Waals surface area contributed by atoms with Crippen LogP contribution in [0.5, 0.6) is 0 Å². The lowest BCUT2D eigenvalue weighted by atomic mass is 10.2. The van der Waals surface area contributed by atoms with E-state index in [2.05, 4.69) is 15.9 Å². The highest BCUT2D eigenvalue weighted by Crippen LogP contribution is 2.21. The molecule has 0 spiro atoms. The minimum atomic E-state index is 0.910. The molecule has 4 heteroatoms. The fourth-order valence-electron chi connectivity index (χ4n) is 1.18. The minimum Gasteiger partial charge on any atom is -0.396 e. The average Bonchev–Trinajstić information content (AvgIpc) is 2.68. The molecule has 0 amide bonds. The van der Waals surface area contributed by atoms with Gasteiger partial charge in [-0.3, -0.25) is 0 Å². The van der Waals surface area contributed by atoms with E-state index in [1.54, 1.807) is 11.3 Å². The number of benzene rings is 1. The van der Waals surface area contributed by atoms with Gasteiger partial charge in [-0.1, -0.05) is 28.1 Å². The van der Waals surface area contributed by atoms with Crippen molar-refractivity contribution in [3.8, 4) is 11.3 Å². The third-order valence-electron chi connectivity index (χ3n) is 1.96. The maximum absolute atomic E-state index is 5.70. The van der Waals surface area contributed by atoms with Crippen molar-refractivity contribution in [3.05, 3.63) is 39.0 Å². The second kappa shape index (κ2) is 4.33. The van der Waals surface area contributed by atoms with Crippen molar-refractivity contribution in [3.63, 3.8) is 0 Å². The van der Waals surface area contributed by atoms with Crippen LogP contribution in [0, 0.1) is 0 Å². The normalized spacial score (nSPS) is 10.3. The van der Waals surface area contributed by atoms with Gasteiger partial charge in [0.15, 0.2) is 5.76 Å². The molecule has 0 radical (unpaired) electrons. The molecule has 1 aromatic carbocycles. The van der Waals surface area contributed by atoms with Crippen LogP contribution in [-0.2, 0) is 0 Å². The van der Waals surface area contributed by atoms with Crippen LogP contribution >= 0.6 is 27.3 Å². The molecule has 0 unspecified atom stereocenters. The molecule has 0 aliphatic heterocycles. The highest BCUT2D eigenvalue weighted by molar-refractivity contribution is 9.10. The van der Waals surface area contributed by atoms with Crippen LogP contribution in [0.15, 0.2) is 38.5 Å². The van der Waals surface area contributed by atoms with E-state index in [4.69, 9.17) is 4.42 Å². The first-order valence-corrected chi connectivity index (χ1v) is 6.19. The van der Waals surface area contributed by atoms with Gasteiger partial charge in [-0.05, 0) is 23.5 Å². The zero-order chi connectivity index (χ0) is 10.8. The molecular weight excluding hydrogens is 274 g/mol. The zero-order valence-electron chi connectivity index (χ0n) is 8.53. The van der Waals surface area contributed by atoms with Gasteiger partial charge in [0.05, 0.1) is 0 Å². The van der Waals surface area contributed by atoms with Gasteiger partial charge in [-0.15, -0.1) is 0 Å². The van der Waals surface area contributed by atoms with Crippen molar-refractivity contribution in [2.24, 2.45) is 0 Å². The van der Waals surface area contributed by atoms with Gasteiger partial charge in [0, 0.05) is 15.4 Å². The summed E-state index contributed by atoms with van der Waals surface area (Å²) >= 11 is 5.01. The molecule has 0 saturated heterocycles. The van der Waals surface area contributed by atoms with Crippen molar-refractivity contribution < 1.29 is 4.42 Å². The van der Waals surface area contributed by atoms with E-state index < -0.39 is 0 Å².